The third kappa shape index (κ3) is 9.78. The molecule has 5 rings (SSSR count). The van der Waals surface area contributed by atoms with Crippen LogP contribution in [-0.4, -0.2) is 124 Å². The number of nitrogens with zero attached hydrogens (tertiary/aromatic N) is 4. The van der Waals surface area contributed by atoms with Crippen molar-refractivity contribution < 1.29 is 38.1 Å². The fourth-order valence-corrected chi connectivity index (χ4v) is 7.14. The van der Waals surface area contributed by atoms with Crippen LogP contribution in [0.25, 0.3) is 10.4 Å². The lowest BCUT2D eigenvalue weighted by atomic mass is 9.85. The third-order valence-electron chi connectivity index (χ3n) is 9.57. The molecule has 3 N–H and O–H groups in total. The number of aliphatic hydroxyl groups is 1. The minimum atomic E-state index is -1.96. The van der Waals surface area contributed by atoms with Crippen LogP contribution in [-0.2, 0) is 25.7 Å². The molecule has 1 aliphatic carbocycles. The monoisotopic (exact) mass is 744 g/mol. The van der Waals surface area contributed by atoms with Gasteiger partial charge in [-0.25, -0.2) is 14.2 Å². The fraction of sp³-hybridized carbons (Fsp3) is 0.649. The number of likely N-dealkylation sites (tertiary alicyclic amines) is 1. The maximum Gasteiger partial charge on any atom is 0.410 e. The number of thiazole rings is 1. The van der Waals surface area contributed by atoms with Crippen molar-refractivity contribution in [1.82, 2.24) is 30.3 Å². The number of β-amino-alcohol motifs (C(OH)–C–C–N with tert-alkyl or cyclic N) is 1. The summed E-state index contributed by atoms with van der Waals surface area (Å²) in [5.74, 6) is -1.23. The highest BCUT2D eigenvalue weighted by molar-refractivity contribution is 7.13. The molecule has 15 heteroatoms. The Morgan fingerprint density at radius 1 is 1.10 bits per heavy atom. The lowest BCUT2D eigenvalue weighted by Crippen LogP contribution is -2.59. The van der Waals surface area contributed by atoms with E-state index >= 15 is 0 Å². The predicted molar refractivity (Wildman–Crippen MR) is 194 cm³/mol. The van der Waals surface area contributed by atoms with Gasteiger partial charge in [-0.05, 0) is 57.6 Å². The van der Waals surface area contributed by atoms with Gasteiger partial charge in [0.25, 0.3) is 5.91 Å². The van der Waals surface area contributed by atoms with Crippen molar-refractivity contribution in [3.63, 3.8) is 0 Å². The number of carbonyl (C=O) groups excluding carboxylic acids is 4. The molecule has 13 nitrogen and oxygen atoms in total. The number of nitrogens with one attached hydrogen (secondary N) is 2. The van der Waals surface area contributed by atoms with E-state index in [1.165, 1.54) is 16.2 Å². The number of piperazine rings is 1. The van der Waals surface area contributed by atoms with Gasteiger partial charge in [-0.2, -0.15) is 0 Å². The smallest absolute Gasteiger partial charge is 0.410 e. The van der Waals surface area contributed by atoms with Gasteiger partial charge < -0.3 is 35.0 Å². The SMILES string of the molecule is Cc1ncsc1-c1ccc(CNC(=O)[C@@H]2C[C@@H](O)CN2C(=O)[C@@H](NC(=O)C2(F)CC2)C(C)(C)C)c(OCCN2CCN(C(=O)OC(C)(C)C)CC2)c1. The molecule has 1 aromatic carbocycles. The quantitative estimate of drug-likeness (QED) is 0.313. The van der Waals surface area contributed by atoms with E-state index in [9.17, 15) is 28.7 Å². The molecule has 1 saturated carbocycles. The molecule has 0 bridgehead atoms. The number of ether oxygens (including phenoxy) is 2. The fourth-order valence-electron chi connectivity index (χ4n) is 6.34. The molecule has 286 valence electrons. The summed E-state index contributed by atoms with van der Waals surface area (Å²) in [6.45, 7) is 16.3. The second kappa shape index (κ2) is 15.7. The summed E-state index contributed by atoms with van der Waals surface area (Å²) >= 11 is 1.52. The lowest BCUT2D eigenvalue weighted by molar-refractivity contribution is -0.145. The molecule has 2 aliphatic heterocycles. The maximum absolute atomic E-state index is 14.6. The summed E-state index contributed by atoms with van der Waals surface area (Å²) in [7, 11) is 0. The van der Waals surface area contributed by atoms with Crippen molar-refractivity contribution >= 4 is 35.2 Å². The van der Waals surface area contributed by atoms with Crippen LogP contribution in [0.1, 0.15) is 72.1 Å². The number of aliphatic hydroxyl groups excluding tert-OH is 1. The number of halogens is 1. The Balaban J connectivity index is 1.24. The summed E-state index contributed by atoms with van der Waals surface area (Å²) < 4.78 is 26.4. The molecule has 3 atom stereocenters. The van der Waals surface area contributed by atoms with E-state index in [2.05, 4.69) is 20.5 Å². The first-order valence-corrected chi connectivity index (χ1v) is 18.9. The zero-order valence-corrected chi connectivity index (χ0v) is 32.1. The zero-order chi connectivity index (χ0) is 38.0. The number of hydrogen-bond acceptors (Lipinski definition) is 10. The summed E-state index contributed by atoms with van der Waals surface area (Å²) in [5.41, 5.74) is 1.06. The summed E-state index contributed by atoms with van der Waals surface area (Å²) in [6.07, 6.45) is -0.988. The van der Waals surface area contributed by atoms with Crippen molar-refractivity contribution in [2.75, 3.05) is 45.9 Å². The van der Waals surface area contributed by atoms with Crippen molar-refractivity contribution in [3.05, 3.63) is 35.0 Å². The first-order valence-electron chi connectivity index (χ1n) is 18.0. The first-order chi connectivity index (χ1) is 24.3. The van der Waals surface area contributed by atoms with Gasteiger partial charge in [0.1, 0.15) is 30.0 Å². The molecule has 0 spiro atoms. The van der Waals surface area contributed by atoms with Crippen LogP contribution in [0.15, 0.2) is 23.7 Å². The Labute approximate surface area is 309 Å². The summed E-state index contributed by atoms with van der Waals surface area (Å²) in [6, 6.07) is 3.72. The van der Waals surface area contributed by atoms with Crippen LogP contribution >= 0.6 is 11.3 Å². The van der Waals surface area contributed by atoms with Crippen molar-refractivity contribution in [3.8, 4) is 16.2 Å². The molecule has 2 saturated heterocycles. The molecule has 0 radical (unpaired) electrons. The van der Waals surface area contributed by atoms with Crippen LogP contribution in [0.4, 0.5) is 9.18 Å². The molecule has 3 heterocycles. The molecular formula is C37H53FN6O7S. The minimum absolute atomic E-state index is 0.0313. The molecular weight excluding hydrogens is 692 g/mol. The van der Waals surface area contributed by atoms with Gasteiger partial charge in [0.05, 0.1) is 22.2 Å². The van der Waals surface area contributed by atoms with Crippen molar-refractivity contribution in [2.24, 2.45) is 5.41 Å². The van der Waals surface area contributed by atoms with Crippen LogP contribution < -0.4 is 15.4 Å². The molecule has 3 aliphatic rings. The number of aromatic nitrogens is 1. The standard InChI is InChI=1S/C37H53FN6O7S/c1-23-29(52-22-40-23)24-8-9-25(28(18-24)50-17-16-42-12-14-43(15-13-42)34(49)51-36(5,6)7)20-39-31(46)27-19-26(45)21-44(27)32(47)30(35(2,3)4)41-33(48)37(38)10-11-37/h8-9,18,22,26-27,30,45H,10-17,19-21H2,1-7H3,(H,39,46)(H,41,48)/t26-,27+,30-/m1/s1. The highest BCUT2D eigenvalue weighted by Gasteiger charge is 2.53. The molecule has 2 aromatic rings. The predicted octanol–water partition coefficient (Wildman–Crippen LogP) is 3.66. The van der Waals surface area contributed by atoms with Crippen molar-refractivity contribution in [1.29, 1.82) is 0 Å². The Bertz CT molecular complexity index is 1630. The van der Waals surface area contributed by atoms with Crippen LogP contribution in [0.5, 0.6) is 5.75 Å². The second-order valence-corrected chi connectivity index (χ2v) is 17.0. The average Bonchev–Trinajstić information content (AvgIpc) is 3.47. The second-order valence-electron chi connectivity index (χ2n) is 16.1. The topological polar surface area (TPSA) is 154 Å². The normalized spacial score (nSPS) is 21.0. The number of benzene rings is 1. The summed E-state index contributed by atoms with van der Waals surface area (Å²) in [4.78, 5) is 63.2. The van der Waals surface area contributed by atoms with E-state index in [0.717, 1.165) is 21.7 Å². The first kappa shape index (κ1) is 39.4. The van der Waals surface area contributed by atoms with E-state index in [0.29, 0.717) is 45.1 Å². The Morgan fingerprint density at radius 3 is 2.38 bits per heavy atom. The number of amides is 4. The van der Waals surface area contributed by atoms with Gasteiger partial charge in [0, 0.05) is 57.8 Å². The van der Waals surface area contributed by atoms with Gasteiger partial charge in [-0.3, -0.25) is 19.3 Å². The van der Waals surface area contributed by atoms with E-state index in [4.69, 9.17) is 9.47 Å². The van der Waals surface area contributed by atoms with Gasteiger partial charge in [-0.1, -0.05) is 32.9 Å². The third-order valence-corrected chi connectivity index (χ3v) is 10.5. The van der Waals surface area contributed by atoms with Gasteiger partial charge in [-0.15, -0.1) is 11.3 Å². The van der Waals surface area contributed by atoms with E-state index in [1.807, 2.05) is 45.9 Å². The van der Waals surface area contributed by atoms with Crippen LogP contribution in [0.2, 0.25) is 0 Å². The van der Waals surface area contributed by atoms with Gasteiger partial charge >= 0.3 is 6.09 Å². The van der Waals surface area contributed by atoms with Crippen LogP contribution in [0.3, 0.4) is 0 Å². The maximum atomic E-state index is 14.6. The molecule has 1 aromatic heterocycles. The average molecular weight is 745 g/mol. The lowest BCUT2D eigenvalue weighted by Gasteiger charge is -2.35. The molecule has 4 amide bonds. The Morgan fingerprint density at radius 2 is 1.79 bits per heavy atom. The number of aryl methyl sites for hydroxylation is 1. The van der Waals surface area contributed by atoms with Gasteiger partial charge in [0.2, 0.25) is 11.8 Å². The highest BCUT2D eigenvalue weighted by Crippen LogP contribution is 2.40. The molecule has 52 heavy (non-hydrogen) atoms. The number of rotatable bonds is 11. The number of hydrogen-bond donors (Lipinski definition) is 3. The number of carbonyl (C=O) groups is 4. The van der Waals surface area contributed by atoms with Gasteiger partial charge in [0.15, 0.2) is 5.67 Å². The summed E-state index contributed by atoms with van der Waals surface area (Å²) in [5, 5.41) is 16.1. The largest absolute Gasteiger partial charge is 0.492 e. The van der Waals surface area contributed by atoms with Crippen LogP contribution in [0, 0.1) is 12.3 Å². The Hall–Kier alpha value is -3.82. The molecule has 0 unspecified atom stereocenters. The highest BCUT2D eigenvalue weighted by atomic mass is 32.1. The zero-order valence-electron chi connectivity index (χ0n) is 31.3. The Kier molecular flexibility index (Phi) is 11.9. The molecule has 3 fully saturated rings. The minimum Gasteiger partial charge on any atom is -0.492 e. The van der Waals surface area contributed by atoms with E-state index in [1.54, 1.807) is 31.2 Å². The van der Waals surface area contributed by atoms with E-state index in [-0.39, 0.29) is 38.4 Å². The van der Waals surface area contributed by atoms with E-state index < -0.39 is 52.6 Å². The number of alkyl halides is 1. The van der Waals surface area contributed by atoms with Crippen molar-refractivity contribution in [2.45, 2.75) is 104 Å².